The van der Waals surface area contributed by atoms with Crippen molar-refractivity contribution in [3.05, 3.63) is 0 Å². The molecule has 0 aromatic carbocycles. The summed E-state index contributed by atoms with van der Waals surface area (Å²) in [5.41, 5.74) is 0. The summed E-state index contributed by atoms with van der Waals surface area (Å²) in [6, 6.07) is -1.07. The highest BCUT2D eigenvalue weighted by Crippen LogP contribution is 2.49. The van der Waals surface area contributed by atoms with E-state index in [-0.39, 0.29) is 17.7 Å². The number of carboxylic acids is 1. The highest BCUT2D eigenvalue weighted by molar-refractivity contribution is 5.91. The first-order valence-corrected chi connectivity index (χ1v) is 10.1. The van der Waals surface area contributed by atoms with Crippen molar-refractivity contribution in [3.8, 4) is 0 Å². The highest BCUT2D eigenvalue weighted by Gasteiger charge is 2.51. The third-order valence-electron chi connectivity index (χ3n) is 6.09. The lowest BCUT2D eigenvalue weighted by Crippen LogP contribution is -2.49. The van der Waals surface area contributed by atoms with Crippen LogP contribution >= 0.6 is 0 Å². The Morgan fingerprint density at radius 3 is 2.50 bits per heavy atom. The molecule has 6 nitrogen and oxygen atoms in total. The van der Waals surface area contributed by atoms with Crippen molar-refractivity contribution in [2.75, 3.05) is 6.61 Å². The first kappa shape index (κ1) is 20.9. The summed E-state index contributed by atoms with van der Waals surface area (Å²) in [6.45, 7) is 5.79. The number of ketones is 1. The van der Waals surface area contributed by atoms with Crippen LogP contribution in [0.3, 0.4) is 0 Å². The minimum Gasteiger partial charge on any atom is -0.481 e. The first-order chi connectivity index (χ1) is 12.4. The molecule has 0 heterocycles. The lowest BCUT2D eigenvalue weighted by atomic mass is 9.75. The predicted molar refractivity (Wildman–Crippen MR) is 97.6 cm³/mol. The molecule has 0 aliphatic heterocycles. The van der Waals surface area contributed by atoms with Crippen molar-refractivity contribution in [2.45, 2.75) is 77.8 Å². The molecule has 2 saturated carbocycles. The second-order valence-corrected chi connectivity index (χ2v) is 7.80. The quantitative estimate of drug-likeness (QED) is 0.609. The summed E-state index contributed by atoms with van der Waals surface area (Å²) >= 11 is 0. The van der Waals surface area contributed by atoms with Crippen LogP contribution in [0.5, 0.6) is 0 Å². The summed E-state index contributed by atoms with van der Waals surface area (Å²) in [4.78, 5) is 37.0. The van der Waals surface area contributed by atoms with Crippen LogP contribution in [0.1, 0.15) is 65.7 Å². The van der Waals surface area contributed by atoms with E-state index in [2.05, 4.69) is 5.32 Å². The number of esters is 1. The predicted octanol–water partition coefficient (Wildman–Crippen LogP) is 2.79. The molecular formula is C20H33NO5. The second-order valence-electron chi connectivity index (χ2n) is 7.80. The maximum atomic E-state index is 13.2. The number of hydrogen-bond acceptors (Lipinski definition) is 5. The molecule has 0 saturated heterocycles. The third-order valence-corrected chi connectivity index (χ3v) is 6.09. The van der Waals surface area contributed by atoms with Gasteiger partial charge in [0.1, 0.15) is 6.04 Å². The summed E-state index contributed by atoms with van der Waals surface area (Å²) in [5.74, 6) is -1.77. The number of carboxylic acid groups (broad SMARTS) is 1. The van der Waals surface area contributed by atoms with Gasteiger partial charge in [0.2, 0.25) is 0 Å². The van der Waals surface area contributed by atoms with Crippen molar-refractivity contribution < 1.29 is 24.2 Å². The Morgan fingerprint density at radius 2 is 1.88 bits per heavy atom. The molecule has 2 rings (SSSR count). The molecule has 1 unspecified atom stereocenters. The number of ether oxygens (including phenoxy) is 1. The fourth-order valence-electron chi connectivity index (χ4n) is 4.91. The Morgan fingerprint density at radius 1 is 1.19 bits per heavy atom. The van der Waals surface area contributed by atoms with E-state index in [1.54, 1.807) is 13.8 Å². The van der Waals surface area contributed by atoms with Crippen molar-refractivity contribution in [1.29, 1.82) is 0 Å². The molecule has 2 aliphatic rings. The smallest absolute Gasteiger partial charge is 0.323 e. The topological polar surface area (TPSA) is 92.7 Å². The zero-order valence-electron chi connectivity index (χ0n) is 16.2. The fourth-order valence-corrected chi connectivity index (χ4v) is 4.91. The number of fused-ring (bicyclic) bond motifs is 1. The molecule has 6 heteroatoms. The molecule has 26 heavy (non-hydrogen) atoms. The standard InChI is InChI=1S/C20H33NO5/c1-4-8-16(20(25)26-5-2)21-12(3)18(22)17-14-10-7-6-9-13(14)11-15(17)19(23)24/h12-17,21H,4-11H2,1-3H3,(H,23,24)/t12-,13-,14-,15+,16+,17?/m0/s1. The molecule has 148 valence electrons. The van der Waals surface area contributed by atoms with E-state index in [1.807, 2.05) is 6.92 Å². The molecule has 6 atom stereocenters. The summed E-state index contributed by atoms with van der Waals surface area (Å²) < 4.78 is 5.10. The molecule has 0 amide bonds. The minimum absolute atomic E-state index is 0.0581. The van der Waals surface area contributed by atoms with Crippen LogP contribution in [0.25, 0.3) is 0 Å². The van der Waals surface area contributed by atoms with Gasteiger partial charge in [-0.25, -0.2) is 0 Å². The van der Waals surface area contributed by atoms with Crippen molar-refractivity contribution >= 4 is 17.7 Å². The molecule has 2 fully saturated rings. The zero-order chi connectivity index (χ0) is 19.3. The number of carbonyl (C=O) groups excluding carboxylic acids is 2. The molecule has 2 N–H and O–H groups in total. The van der Waals surface area contributed by atoms with Gasteiger partial charge in [-0.2, -0.15) is 0 Å². The fraction of sp³-hybridized carbons (Fsp3) is 0.850. The van der Waals surface area contributed by atoms with Crippen molar-refractivity contribution in [3.63, 3.8) is 0 Å². The average molecular weight is 367 g/mol. The van der Waals surface area contributed by atoms with Crippen molar-refractivity contribution in [1.82, 2.24) is 5.32 Å². The lowest BCUT2D eigenvalue weighted by Gasteiger charge is -2.31. The van der Waals surface area contributed by atoms with E-state index in [4.69, 9.17) is 4.74 Å². The van der Waals surface area contributed by atoms with Crippen LogP contribution in [0.4, 0.5) is 0 Å². The Balaban J connectivity index is 2.10. The molecule has 0 aromatic heterocycles. The Bertz CT molecular complexity index is 520. The van der Waals surface area contributed by atoms with E-state index in [0.29, 0.717) is 25.4 Å². The second kappa shape index (κ2) is 9.49. The normalized spacial score (nSPS) is 30.3. The van der Waals surface area contributed by atoms with E-state index < -0.39 is 29.9 Å². The summed E-state index contributed by atoms with van der Waals surface area (Å²) in [6.07, 6.45) is 6.16. The number of hydrogen-bond donors (Lipinski definition) is 2. The van der Waals surface area contributed by atoms with Gasteiger partial charge < -0.3 is 9.84 Å². The monoisotopic (exact) mass is 367 g/mol. The molecule has 0 radical (unpaired) electrons. The van der Waals surface area contributed by atoms with Crippen LogP contribution < -0.4 is 5.32 Å². The van der Waals surface area contributed by atoms with E-state index >= 15 is 0 Å². The lowest BCUT2D eigenvalue weighted by molar-refractivity contribution is -0.148. The molecule has 0 bridgehead atoms. The largest absolute Gasteiger partial charge is 0.481 e. The minimum atomic E-state index is -0.861. The number of carbonyl (C=O) groups is 3. The van der Waals surface area contributed by atoms with Gasteiger partial charge in [0.05, 0.1) is 18.6 Å². The van der Waals surface area contributed by atoms with Crippen LogP contribution in [-0.2, 0) is 19.1 Å². The Hall–Kier alpha value is -1.43. The number of rotatable bonds is 9. The molecule has 2 aliphatic carbocycles. The number of nitrogens with one attached hydrogen (secondary N) is 1. The SMILES string of the molecule is CCC[C@@H](N[C@@H](C)C(=O)C1[C@H]2CCCC[C@H]2C[C@H]1C(=O)O)C(=O)OCC. The molecule has 0 spiro atoms. The van der Waals surface area contributed by atoms with Crippen LogP contribution in [0.2, 0.25) is 0 Å². The average Bonchev–Trinajstić information content (AvgIpc) is 3.00. The van der Waals surface area contributed by atoms with Crippen LogP contribution in [-0.4, -0.2) is 41.5 Å². The van der Waals surface area contributed by atoms with Gasteiger partial charge >= 0.3 is 11.9 Å². The van der Waals surface area contributed by atoms with Gasteiger partial charge in [-0.1, -0.05) is 32.6 Å². The van der Waals surface area contributed by atoms with Gasteiger partial charge in [-0.15, -0.1) is 0 Å². The zero-order valence-corrected chi connectivity index (χ0v) is 16.2. The van der Waals surface area contributed by atoms with Gasteiger partial charge in [0.25, 0.3) is 0 Å². The first-order valence-electron chi connectivity index (χ1n) is 10.1. The number of Topliss-reactive ketones (excluding diaryl/α,β-unsaturated/α-hetero) is 1. The molecule has 0 aromatic rings. The highest BCUT2D eigenvalue weighted by atomic mass is 16.5. The van der Waals surface area contributed by atoms with Gasteiger partial charge in [0, 0.05) is 5.92 Å². The van der Waals surface area contributed by atoms with E-state index in [0.717, 1.165) is 32.1 Å². The summed E-state index contributed by atoms with van der Waals surface area (Å²) in [5, 5.41) is 12.8. The van der Waals surface area contributed by atoms with E-state index in [9.17, 15) is 19.5 Å². The van der Waals surface area contributed by atoms with Gasteiger partial charge in [0.15, 0.2) is 5.78 Å². The van der Waals surface area contributed by atoms with Crippen LogP contribution in [0, 0.1) is 23.7 Å². The third kappa shape index (κ3) is 4.64. The maximum absolute atomic E-state index is 13.2. The van der Waals surface area contributed by atoms with E-state index in [1.165, 1.54) is 0 Å². The Kier molecular flexibility index (Phi) is 7.62. The van der Waals surface area contributed by atoms with Crippen LogP contribution in [0.15, 0.2) is 0 Å². The van der Waals surface area contributed by atoms with Gasteiger partial charge in [-0.05, 0) is 44.9 Å². The number of aliphatic carboxylic acids is 1. The Labute approximate surface area is 156 Å². The van der Waals surface area contributed by atoms with Gasteiger partial charge in [-0.3, -0.25) is 19.7 Å². The maximum Gasteiger partial charge on any atom is 0.323 e. The summed E-state index contributed by atoms with van der Waals surface area (Å²) in [7, 11) is 0. The molecular weight excluding hydrogens is 334 g/mol. The van der Waals surface area contributed by atoms with Crippen molar-refractivity contribution in [2.24, 2.45) is 23.7 Å².